The van der Waals surface area contributed by atoms with Crippen molar-refractivity contribution in [2.24, 2.45) is 0 Å². The summed E-state index contributed by atoms with van der Waals surface area (Å²) >= 11 is 22.4. The van der Waals surface area contributed by atoms with Crippen LogP contribution >= 0.6 is 46.4 Å². The molecule has 0 amide bonds. The van der Waals surface area contributed by atoms with Gasteiger partial charge in [-0.2, -0.15) is 0 Å². The number of ether oxygens (including phenoxy) is 3. The van der Waals surface area contributed by atoms with Gasteiger partial charge in [-0.3, -0.25) is 4.74 Å². The number of rotatable bonds is 8. The van der Waals surface area contributed by atoms with Gasteiger partial charge in [-0.1, -0.05) is 46.4 Å². The van der Waals surface area contributed by atoms with E-state index in [1.807, 2.05) is 0 Å². The van der Waals surface area contributed by atoms with E-state index in [-0.39, 0.29) is 0 Å². The topological polar surface area (TPSA) is 119 Å². The van der Waals surface area contributed by atoms with Crippen molar-refractivity contribution in [1.82, 2.24) is 0 Å². The summed E-state index contributed by atoms with van der Waals surface area (Å²) in [5.74, 6) is -7.78. The van der Waals surface area contributed by atoms with Crippen LogP contribution in [0.1, 0.15) is 27.7 Å². The average molecular weight is 416 g/mol. The van der Waals surface area contributed by atoms with Crippen molar-refractivity contribution in [3.63, 3.8) is 0 Å². The van der Waals surface area contributed by atoms with Gasteiger partial charge in [-0.25, -0.2) is 14.4 Å². The monoisotopic (exact) mass is 414 g/mol. The predicted molar refractivity (Wildman–Crippen MR) is 80.6 cm³/mol. The third-order valence-electron chi connectivity index (χ3n) is 2.18. The van der Waals surface area contributed by atoms with Crippen LogP contribution in [-0.4, -0.2) is 48.5 Å². The second-order valence-electron chi connectivity index (χ2n) is 4.79. The van der Waals surface area contributed by atoms with Crippen molar-refractivity contribution < 1.29 is 38.8 Å². The Labute approximate surface area is 151 Å². The van der Waals surface area contributed by atoms with Gasteiger partial charge in [0.1, 0.15) is 0 Å². The van der Waals surface area contributed by atoms with Crippen molar-refractivity contribution in [1.29, 1.82) is 0 Å². The van der Waals surface area contributed by atoms with E-state index in [4.69, 9.17) is 61.4 Å². The lowest BCUT2D eigenvalue weighted by atomic mass is 10.3. The first-order chi connectivity index (χ1) is 9.93. The molecule has 8 nitrogen and oxygen atoms in total. The molecule has 0 saturated carbocycles. The maximum atomic E-state index is 12.0. The number of hydrogen-bond acceptors (Lipinski definition) is 6. The number of hydrogen-bond donors (Lipinski definition) is 2. The Morgan fingerprint density at radius 1 is 0.783 bits per heavy atom. The molecule has 0 bridgehead atoms. The lowest BCUT2D eigenvalue weighted by Crippen LogP contribution is -2.53. The smallest absolute Gasteiger partial charge is 0.377 e. The molecule has 2 N–H and O–H groups in total. The minimum atomic E-state index is -2.78. The van der Waals surface area contributed by atoms with Crippen LogP contribution in [0, 0.1) is 0 Å². The normalized spacial score (nSPS) is 19.8. The van der Waals surface area contributed by atoms with Gasteiger partial charge in [0.05, 0.1) is 0 Å². The van der Waals surface area contributed by atoms with Gasteiger partial charge in [0, 0.05) is 6.92 Å². The minimum absolute atomic E-state index is 0.754. The molecule has 0 radical (unpaired) electrons. The minimum Gasteiger partial charge on any atom is -0.478 e. The van der Waals surface area contributed by atoms with Gasteiger partial charge in [0.2, 0.25) is 14.6 Å². The fourth-order valence-electron chi connectivity index (χ4n) is 1.16. The van der Waals surface area contributed by atoms with Crippen LogP contribution in [0.4, 0.5) is 0 Å². The molecule has 0 rings (SSSR count). The van der Waals surface area contributed by atoms with Gasteiger partial charge >= 0.3 is 23.7 Å². The van der Waals surface area contributed by atoms with Gasteiger partial charge in [0.15, 0.2) is 0 Å². The van der Waals surface area contributed by atoms with Crippen molar-refractivity contribution in [3.8, 4) is 0 Å². The lowest BCUT2D eigenvalue weighted by Gasteiger charge is -2.33. The van der Waals surface area contributed by atoms with E-state index in [0.717, 1.165) is 27.7 Å². The summed E-state index contributed by atoms with van der Waals surface area (Å²) in [5, 5.41) is 13.2. The van der Waals surface area contributed by atoms with E-state index in [2.05, 4.69) is 9.47 Å². The van der Waals surface area contributed by atoms with Gasteiger partial charge < -0.3 is 19.7 Å². The Kier molecular flexibility index (Phi) is 7.00. The zero-order chi connectivity index (χ0) is 18.9. The molecule has 0 aliphatic heterocycles. The highest BCUT2D eigenvalue weighted by Gasteiger charge is 2.51. The highest BCUT2D eigenvalue weighted by Crippen LogP contribution is 2.34. The molecule has 0 heterocycles. The summed E-state index contributed by atoms with van der Waals surface area (Å²) in [4.78, 5) is 34.2. The number of alkyl halides is 4. The molecule has 3 unspecified atom stereocenters. The lowest BCUT2D eigenvalue weighted by molar-refractivity contribution is -0.258. The summed E-state index contributed by atoms with van der Waals surface area (Å²) < 4.78 is 12.2. The summed E-state index contributed by atoms with van der Waals surface area (Å²) in [6, 6.07) is 0. The SMILES string of the molecule is CC(Cl)(Cl)OC(C)(Cl)C(=O)OC(C)(OC(C)(Cl)C(=O)O)C(=O)O. The zero-order valence-electron chi connectivity index (χ0n) is 12.4. The molecule has 0 aliphatic rings. The molecule has 0 saturated heterocycles. The van der Waals surface area contributed by atoms with Crippen LogP contribution in [0.25, 0.3) is 0 Å². The molecule has 134 valence electrons. The Morgan fingerprint density at radius 2 is 1.22 bits per heavy atom. The molecule has 0 spiro atoms. The Hall–Kier alpha value is -0.510. The van der Waals surface area contributed by atoms with Gasteiger partial charge in [0.25, 0.3) is 0 Å². The molecular weight excluding hydrogens is 402 g/mol. The molecule has 0 aromatic rings. The van der Waals surface area contributed by atoms with E-state index >= 15 is 0 Å². The van der Waals surface area contributed by atoms with E-state index in [9.17, 15) is 14.4 Å². The number of carbonyl (C=O) groups is 3. The van der Waals surface area contributed by atoms with E-state index in [1.54, 1.807) is 0 Å². The number of aliphatic carboxylic acids is 2. The number of halogens is 4. The summed E-state index contributed by atoms with van der Waals surface area (Å²) in [6.07, 6.45) is 0. The molecule has 0 aromatic heterocycles. The first kappa shape index (κ1) is 22.5. The summed E-state index contributed by atoms with van der Waals surface area (Å²) in [6.45, 7) is 3.73. The van der Waals surface area contributed by atoms with E-state index in [1.165, 1.54) is 0 Å². The third kappa shape index (κ3) is 6.86. The van der Waals surface area contributed by atoms with Crippen molar-refractivity contribution in [3.05, 3.63) is 0 Å². The van der Waals surface area contributed by atoms with E-state index < -0.39 is 38.3 Å². The molecule has 3 atom stereocenters. The van der Waals surface area contributed by atoms with Crippen LogP contribution in [0.15, 0.2) is 0 Å². The Balaban J connectivity index is 5.41. The second kappa shape index (κ2) is 7.16. The molecule has 0 fully saturated rings. The fourth-order valence-corrected chi connectivity index (χ4v) is 1.89. The predicted octanol–water partition coefficient (Wildman–Crippen LogP) is 2.51. The van der Waals surface area contributed by atoms with Crippen molar-refractivity contribution in [2.75, 3.05) is 0 Å². The standard InChI is InChI=1S/C11H14Cl4O8/c1-8(12,5(16)17)22-10(3,6(18)19)21-7(20)9(2,13)23-11(4,14)15/h1-4H3,(H,16,17)(H,18,19). The first-order valence-electron chi connectivity index (χ1n) is 5.79. The quantitative estimate of drug-likeness (QED) is 0.352. The zero-order valence-corrected chi connectivity index (χ0v) is 15.4. The number of carbonyl (C=O) groups excluding carboxylic acids is 1. The van der Waals surface area contributed by atoms with Gasteiger partial charge in [-0.15, -0.1) is 0 Å². The van der Waals surface area contributed by atoms with Crippen LogP contribution in [0.2, 0.25) is 0 Å². The maximum absolute atomic E-state index is 12.0. The second-order valence-corrected chi connectivity index (χ2v) is 7.87. The number of carboxylic acid groups (broad SMARTS) is 2. The largest absolute Gasteiger partial charge is 0.478 e. The maximum Gasteiger partial charge on any atom is 0.377 e. The van der Waals surface area contributed by atoms with E-state index in [0.29, 0.717) is 0 Å². The number of carboxylic acids is 2. The van der Waals surface area contributed by atoms with Crippen LogP contribution in [-0.2, 0) is 28.6 Å². The summed E-state index contributed by atoms with van der Waals surface area (Å²) in [7, 11) is 0. The summed E-state index contributed by atoms with van der Waals surface area (Å²) in [5.41, 5.74) is 0. The molecule has 0 aromatic carbocycles. The van der Waals surface area contributed by atoms with Gasteiger partial charge in [-0.05, 0) is 20.8 Å². The fraction of sp³-hybridized carbons (Fsp3) is 0.727. The Bertz CT molecular complexity index is 499. The molecule has 0 aliphatic carbocycles. The molecular formula is C11H14Cl4O8. The number of esters is 1. The van der Waals surface area contributed by atoms with Crippen LogP contribution in [0.5, 0.6) is 0 Å². The average Bonchev–Trinajstić information content (AvgIpc) is 2.23. The molecule has 23 heavy (non-hydrogen) atoms. The Morgan fingerprint density at radius 3 is 1.52 bits per heavy atom. The molecule has 12 heteroatoms. The third-order valence-corrected chi connectivity index (χ3v) is 2.80. The van der Waals surface area contributed by atoms with Crippen molar-refractivity contribution >= 4 is 64.3 Å². The first-order valence-corrected chi connectivity index (χ1v) is 7.30. The highest BCUT2D eigenvalue weighted by molar-refractivity contribution is 6.47. The van der Waals surface area contributed by atoms with Crippen LogP contribution in [0.3, 0.4) is 0 Å². The van der Waals surface area contributed by atoms with Crippen LogP contribution < -0.4 is 0 Å². The highest BCUT2D eigenvalue weighted by atomic mass is 35.5. The van der Waals surface area contributed by atoms with Crippen molar-refractivity contribution in [2.45, 2.75) is 48.1 Å².